The molecule has 2 heterocycles. The van der Waals surface area contributed by atoms with E-state index in [0.29, 0.717) is 21.2 Å². The SMILES string of the molecule is C=Cc1csc2c(-c3cc(Cl)cc(Cl)c3)c(C(=O)O)[nH]c12. The number of fused-ring (bicyclic) bond motifs is 1. The van der Waals surface area contributed by atoms with Gasteiger partial charge in [0.15, 0.2) is 0 Å². The zero-order chi connectivity index (χ0) is 15.1. The first-order chi connectivity index (χ1) is 10.0. The average Bonchev–Trinajstić information content (AvgIpc) is 2.94. The number of hydrogen-bond acceptors (Lipinski definition) is 2. The van der Waals surface area contributed by atoms with Crippen LogP contribution in [0.15, 0.2) is 30.2 Å². The molecule has 0 radical (unpaired) electrons. The van der Waals surface area contributed by atoms with Crippen molar-refractivity contribution in [3.05, 3.63) is 51.5 Å². The largest absolute Gasteiger partial charge is 0.477 e. The fourth-order valence-corrected chi connectivity index (χ4v) is 3.88. The number of hydrogen-bond donors (Lipinski definition) is 2. The molecule has 0 saturated carbocycles. The van der Waals surface area contributed by atoms with Gasteiger partial charge >= 0.3 is 5.97 Å². The number of carbonyl (C=O) groups is 1. The van der Waals surface area contributed by atoms with E-state index in [2.05, 4.69) is 11.6 Å². The Labute approximate surface area is 134 Å². The Morgan fingerprint density at radius 3 is 2.52 bits per heavy atom. The molecule has 0 bridgehead atoms. The Bertz CT molecular complexity index is 859. The van der Waals surface area contributed by atoms with Gasteiger partial charge in [-0.1, -0.05) is 35.9 Å². The van der Waals surface area contributed by atoms with Crippen molar-refractivity contribution < 1.29 is 9.90 Å². The highest BCUT2D eigenvalue weighted by Gasteiger charge is 2.21. The van der Waals surface area contributed by atoms with Gasteiger partial charge in [0.05, 0.1) is 10.2 Å². The van der Waals surface area contributed by atoms with E-state index in [-0.39, 0.29) is 5.69 Å². The van der Waals surface area contributed by atoms with Gasteiger partial charge in [0.25, 0.3) is 0 Å². The molecule has 6 heteroatoms. The highest BCUT2D eigenvalue weighted by Crippen LogP contribution is 2.40. The van der Waals surface area contributed by atoms with E-state index in [0.717, 1.165) is 15.8 Å². The quantitative estimate of drug-likeness (QED) is 0.658. The molecular formula is C15H9Cl2NO2S. The van der Waals surface area contributed by atoms with Crippen LogP contribution in [0, 0.1) is 0 Å². The van der Waals surface area contributed by atoms with Gasteiger partial charge in [0.2, 0.25) is 0 Å². The van der Waals surface area contributed by atoms with Crippen molar-refractivity contribution in [1.29, 1.82) is 0 Å². The lowest BCUT2D eigenvalue weighted by Crippen LogP contribution is -1.98. The van der Waals surface area contributed by atoms with Crippen molar-refractivity contribution >= 4 is 56.8 Å². The van der Waals surface area contributed by atoms with Gasteiger partial charge in [-0.15, -0.1) is 11.3 Å². The Kier molecular flexibility index (Phi) is 3.53. The maximum atomic E-state index is 11.5. The standard InChI is InChI=1S/C15H9Cl2NO2S/c1-2-7-6-21-14-11(13(15(19)20)18-12(7)14)8-3-9(16)5-10(17)4-8/h2-6,18H,1H2,(H,19,20). The monoisotopic (exact) mass is 337 g/mol. The molecule has 21 heavy (non-hydrogen) atoms. The molecule has 3 rings (SSSR count). The molecule has 1 aromatic carbocycles. The molecule has 0 unspecified atom stereocenters. The second-order valence-electron chi connectivity index (χ2n) is 4.44. The number of carboxylic acids is 1. The van der Waals surface area contributed by atoms with Crippen LogP contribution in [0.3, 0.4) is 0 Å². The first-order valence-corrected chi connectivity index (χ1v) is 7.60. The number of rotatable bonds is 3. The Morgan fingerprint density at radius 2 is 1.95 bits per heavy atom. The maximum Gasteiger partial charge on any atom is 0.353 e. The first-order valence-electron chi connectivity index (χ1n) is 5.96. The summed E-state index contributed by atoms with van der Waals surface area (Å²) in [5, 5.41) is 12.3. The van der Waals surface area contributed by atoms with Gasteiger partial charge < -0.3 is 10.1 Å². The summed E-state index contributed by atoms with van der Waals surface area (Å²) in [7, 11) is 0. The highest BCUT2D eigenvalue weighted by molar-refractivity contribution is 7.18. The summed E-state index contributed by atoms with van der Waals surface area (Å²) in [4.78, 5) is 14.5. The Balaban J connectivity index is 2.38. The average molecular weight is 338 g/mol. The molecular weight excluding hydrogens is 329 g/mol. The van der Waals surface area contributed by atoms with E-state index in [1.165, 1.54) is 11.3 Å². The van der Waals surface area contributed by atoms with Crippen LogP contribution in [0.4, 0.5) is 0 Å². The molecule has 0 spiro atoms. The topological polar surface area (TPSA) is 53.1 Å². The van der Waals surface area contributed by atoms with Gasteiger partial charge in [-0.05, 0) is 23.8 Å². The van der Waals surface area contributed by atoms with E-state index < -0.39 is 5.97 Å². The minimum atomic E-state index is -1.03. The lowest BCUT2D eigenvalue weighted by atomic mass is 10.1. The summed E-state index contributed by atoms with van der Waals surface area (Å²) in [5.74, 6) is -1.03. The van der Waals surface area contributed by atoms with Crippen molar-refractivity contribution in [2.45, 2.75) is 0 Å². The van der Waals surface area contributed by atoms with Crippen molar-refractivity contribution in [3.8, 4) is 11.1 Å². The first kappa shape index (κ1) is 14.2. The van der Waals surface area contributed by atoms with Crippen molar-refractivity contribution in [1.82, 2.24) is 4.98 Å². The number of thiophene rings is 1. The molecule has 3 nitrogen and oxygen atoms in total. The van der Waals surface area contributed by atoms with Crippen LogP contribution in [0.25, 0.3) is 27.4 Å². The summed E-state index contributed by atoms with van der Waals surface area (Å²) in [5.41, 5.74) is 3.03. The van der Waals surface area contributed by atoms with Gasteiger partial charge in [-0.25, -0.2) is 4.79 Å². The molecule has 2 aromatic heterocycles. The predicted molar refractivity (Wildman–Crippen MR) is 88.7 cm³/mol. The van der Waals surface area contributed by atoms with E-state index >= 15 is 0 Å². The van der Waals surface area contributed by atoms with Crippen LogP contribution >= 0.6 is 34.5 Å². The number of halogens is 2. The molecule has 2 N–H and O–H groups in total. The number of nitrogens with one attached hydrogen (secondary N) is 1. The second-order valence-corrected chi connectivity index (χ2v) is 6.19. The summed E-state index contributed by atoms with van der Waals surface area (Å²) in [6.07, 6.45) is 1.69. The van der Waals surface area contributed by atoms with Gasteiger partial charge in [-0.2, -0.15) is 0 Å². The number of benzene rings is 1. The Hall–Kier alpha value is -1.75. The smallest absolute Gasteiger partial charge is 0.353 e. The number of carboxylic acid groups (broad SMARTS) is 1. The van der Waals surface area contributed by atoms with Gasteiger partial charge in [-0.3, -0.25) is 0 Å². The fourth-order valence-electron chi connectivity index (χ4n) is 2.27. The number of aromatic amines is 1. The van der Waals surface area contributed by atoms with E-state index in [4.69, 9.17) is 23.2 Å². The lowest BCUT2D eigenvalue weighted by molar-refractivity contribution is 0.0692. The van der Waals surface area contributed by atoms with Crippen LogP contribution in [-0.2, 0) is 0 Å². The summed E-state index contributed by atoms with van der Waals surface area (Å²) >= 11 is 13.5. The van der Waals surface area contributed by atoms with Gasteiger partial charge in [0, 0.05) is 26.6 Å². The van der Waals surface area contributed by atoms with Crippen molar-refractivity contribution in [2.75, 3.05) is 0 Å². The molecule has 0 amide bonds. The zero-order valence-corrected chi connectivity index (χ0v) is 12.9. The van der Waals surface area contributed by atoms with Crippen LogP contribution in [-0.4, -0.2) is 16.1 Å². The molecule has 0 fully saturated rings. The molecule has 0 aliphatic carbocycles. The van der Waals surface area contributed by atoms with Crippen LogP contribution in [0.2, 0.25) is 10.0 Å². The molecule has 0 aliphatic rings. The molecule has 0 atom stereocenters. The van der Waals surface area contributed by atoms with Crippen molar-refractivity contribution in [3.63, 3.8) is 0 Å². The molecule has 106 valence electrons. The van der Waals surface area contributed by atoms with E-state index in [9.17, 15) is 9.90 Å². The van der Waals surface area contributed by atoms with Gasteiger partial charge in [0.1, 0.15) is 5.69 Å². The highest BCUT2D eigenvalue weighted by atomic mass is 35.5. The number of aromatic nitrogens is 1. The lowest BCUT2D eigenvalue weighted by Gasteiger charge is -2.03. The van der Waals surface area contributed by atoms with Crippen LogP contribution in [0.5, 0.6) is 0 Å². The zero-order valence-electron chi connectivity index (χ0n) is 10.6. The minimum absolute atomic E-state index is 0.123. The third-order valence-corrected chi connectivity index (χ3v) is 4.58. The second kappa shape index (κ2) is 5.22. The summed E-state index contributed by atoms with van der Waals surface area (Å²) < 4.78 is 0.848. The normalized spacial score (nSPS) is 11.0. The molecule has 0 saturated heterocycles. The number of aromatic carboxylic acids is 1. The van der Waals surface area contributed by atoms with E-state index in [1.54, 1.807) is 24.3 Å². The molecule has 0 aliphatic heterocycles. The predicted octanol–water partition coefficient (Wildman–Crippen LogP) is 5.54. The third-order valence-electron chi connectivity index (χ3n) is 3.13. The van der Waals surface area contributed by atoms with Crippen LogP contribution < -0.4 is 0 Å². The summed E-state index contributed by atoms with van der Waals surface area (Å²) in [6, 6.07) is 5.02. The van der Waals surface area contributed by atoms with Crippen LogP contribution in [0.1, 0.15) is 16.1 Å². The van der Waals surface area contributed by atoms with Crippen molar-refractivity contribution in [2.24, 2.45) is 0 Å². The molecule has 3 aromatic rings. The van der Waals surface area contributed by atoms with E-state index in [1.807, 2.05) is 5.38 Å². The minimum Gasteiger partial charge on any atom is -0.477 e. The third kappa shape index (κ3) is 2.35. The Morgan fingerprint density at radius 1 is 1.29 bits per heavy atom. The summed E-state index contributed by atoms with van der Waals surface area (Å²) in [6.45, 7) is 3.74. The maximum absolute atomic E-state index is 11.5. The fraction of sp³-hybridized carbons (Fsp3) is 0. The number of H-pyrrole nitrogens is 1.